The number of hydrogen-bond donors (Lipinski definition) is 3. The van der Waals surface area contributed by atoms with Crippen molar-refractivity contribution < 1.29 is 4.79 Å². The number of halogens is 1. The van der Waals surface area contributed by atoms with Crippen LogP contribution in [-0.4, -0.2) is 45.6 Å². The van der Waals surface area contributed by atoms with E-state index in [4.69, 9.17) is 0 Å². The zero-order chi connectivity index (χ0) is 19.8. The zero-order valence-electron chi connectivity index (χ0n) is 17.0. The number of anilines is 2. The minimum Gasteiger partial charge on any atom is -0.375 e. The quantitative estimate of drug-likeness (QED) is 0.233. The fraction of sp³-hybridized carbons (Fsp3) is 0.364. The zero-order valence-corrected chi connectivity index (χ0v) is 19.4. The molecule has 0 saturated heterocycles. The summed E-state index contributed by atoms with van der Waals surface area (Å²) in [7, 11) is 3.88. The molecular formula is C22H30IN5O. The molecule has 0 fully saturated rings. The molecule has 0 saturated carbocycles. The van der Waals surface area contributed by atoms with Crippen molar-refractivity contribution in [1.29, 1.82) is 0 Å². The summed E-state index contributed by atoms with van der Waals surface area (Å²) in [6.45, 7) is 2.47. The number of hydrogen-bond acceptors (Lipinski definition) is 3. The number of nitrogens with zero attached hydrogens (tertiary/aromatic N) is 2. The standard InChI is InChI=1S/C22H29N5O.HI/c1-23-22(24-13-8-14-27(2)18-9-4-3-5-10-18)25-16-17-15-21(28)26-20-12-7-6-11-19(17)20;/h3-7,9-12,17H,8,13-16H2,1-2H3,(H,26,28)(H2,23,24,25);1H. The predicted octanol–water partition coefficient (Wildman–Crippen LogP) is 3.42. The molecule has 1 atom stereocenters. The van der Waals surface area contributed by atoms with Crippen LogP contribution in [0.15, 0.2) is 59.6 Å². The summed E-state index contributed by atoms with van der Waals surface area (Å²) in [5.74, 6) is 0.982. The van der Waals surface area contributed by atoms with Crippen LogP contribution in [0.4, 0.5) is 11.4 Å². The third-order valence-corrected chi connectivity index (χ3v) is 5.01. The van der Waals surface area contributed by atoms with Gasteiger partial charge < -0.3 is 20.9 Å². The van der Waals surface area contributed by atoms with E-state index < -0.39 is 0 Å². The summed E-state index contributed by atoms with van der Waals surface area (Å²) in [5.41, 5.74) is 3.31. The average molecular weight is 507 g/mol. The Morgan fingerprint density at radius 2 is 1.86 bits per heavy atom. The summed E-state index contributed by atoms with van der Waals surface area (Å²) < 4.78 is 0. The van der Waals surface area contributed by atoms with Crippen molar-refractivity contribution in [2.45, 2.75) is 18.8 Å². The van der Waals surface area contributed by atoms with Crippen molar-refractivity contribution in [2.75, 3.05) is 43.9 Å². The molecule has 0 radical (unpaired) electrons. The number of nitrogens with one attached hydrogen (secondary N) is 3. The van der Waals surface area contributed by atoms with Gasteiger partial charge in [0.05, 0.1) is 0 Å². The van der Waals surface area contributed by atoms with Crippen LogP contribution in [0.2, 0.25) is 0 Å². The Bertz CT molecular complexity index is 812. The molecule has 0 aliphatic carbocycles. The van der Waals surface area contributed by atoms with E-state index in [-0.39, 0.29) is 35.8 Å². The first-order valence-electron chi connectivity index (χ1n) is 9.77. The Balaban J connectivity index is 0.00000300. The van der Waals surface area contributed by atoms with Crippen LogP contribution in [0.1, 0.15) is 24.3 Å². The molecular weight excluding hydrogens is 477 g/mol. The van der Waals surface area contributed by atoms with E-state index in [0.29, 0.717) is 13.0 Å². The number of aliphatic imine (C=N–C) groups is 1. The minimum atomic E-state index is 0. The second-order valence-corrected chi connectivity index (χ2v) is 7.03. The predicted molar refractivity (Wildman–Crippen MR) is 132 cm³/mol. The Hall–Kier alpha value is -2.29. The molecule has 6 nitrogen and oxygen atoms in total. The molecule has 0 aromatic heterocycles. The van der Waals surface area contributed by atoms with Crippen molar-refractivity contribution in [1.82, 2.24) is 10.6 Å². The van der Waals surface area contributed by atoms with Crippen LogP contribution in [0.25, 0.3) is 0 Å². The second-order valence-electron chi connectivity index (χ2n) is 7.03. The summed E-state index contributed by atoms with van der Waals surface area (Å²) in [6, 6.07) is 18.4. The number of carbonyl (C=O) groups is 1. The van der Waals surface area contributed by atoms with Crippen molar-refractivity contribution in [3.63, 3.8) is 0 Å². The maximum Gasteiger partial charge on any atom is 0.225 e. The van der Waals surface area contributed by atoms with Gasteiger partial charge in [0, 0.05) is 57.4 Å². The highest BCUT2D eigenvalue weighted by atomic mass is 127. The topological polar surface area (TPSA) is 68.8 Å². The number of amides is 1. The van der Waals surface area contributed by atoms with Crippen LogP contribution < -0.4 is 20.9 Å². The number of rotatable bonds is 7. The lowest BCUT2D eigenvalue weighted by Crippen LogP contribution is -2.41. The molecule has 0 spiro atoms. The van der Waals surface area contributed by atoms with E-state index in [1.54, 1.807) is 7.05 Å². The van der Waals surface area contributed by atoms with Gasteiger partial charge in [0.15, 0.2) is 5.96 Å². The van der Waals surface area contributed by atoms with Crippen molar-refractivity contribution in [2.24, 2.45) is 4.99 Å². The lowest BCUT2D eigenvalue weighted by atomic mass is 9.90. The van der Waals surface area contributed by atoms with E-state index in [0.717, 1.165) is 31.2 Å². The van der Waals surface area contributed by atoms with Crippen LogP contribution >= 0.6 is 24.0 Å². The minimum absolute atomic E-state index is 0. The summed E-state index contributed by atoms with van der Waals surface area (Å²) in [6.07, 6.45) is 1.49. The first-order valence-corrected chi connectivity index (χ1v) is 9.77. The van der Waals surface area contributed by atoms with Gasteiger partial charge in [0.25, 0.3) is 0 Å². The summed E-state index contributed by atoms with van der Waals surface area (Å²) in [5, 5.41) is 9.67. The van der Waals surface area contributed by atoms with Crippen LogP contribution in [0.3, 0.4) is 0 Å². The van der Waals surface area contributed by atoms with Crippen molar-refractivity contribution in [3.8, 4) is 0 Å². The fourth-order valence-electron chi connectivity index (χ4n) is 3.46. The smallest absolute Gasteiger partial charge is 0.225 e. The first kappa shape index (κ1) is 23.0. The van der Waals surface area contributed by atoms with Crippen molar-refractivity contribution in [3.05, 3.63) is 60.2 Å². The Morgan fingerprint density at radius 3 is 2.62 bits per heavy atom. The highest BCUT2D eigenvalue weighted by Gasteiger charge is 2.24. The number of fused-ring (bicyclic) bond motifs is 1. The van der Waals surface area contributed by atoms with Crippen molar-refractivity contribution >= 4 is 47.2 Å². The third kappa shape index (κ3) is 6.62. The molecule has 156 valence electrons. The van der Waals surface area contributed by atoms with Crippen LogP contribution in [-0.2, 0) is 4.79 Å². The van der Waals surface area contributed by atoms with Gasteiger partial charge in [-0.15, -0.1) is 24.0 Å². The number of benzene rings is 2. The lowest BCUT2D eigenvalue weighted by Gasteiger charge is -2.26. The van der Waals surface area contributed by atoms with Gasteiger partial charge in [-0.2, -0.15) is 0 Å². The largest absolute Gasteiger partial charge is 0.375 e. The first-order chi connectivity index (χ1) is 13.7. The molecule has 2 aromatic rings. The molecule has 1 unspecified atom stereocenters. The Labute approximate surface area is 190 Å². The van der Waals surface area contributed by atoms with E-state index >= 15 is 0 Å². The van der Waals surface area contributed by atoms with E-state index in [1.807, 2.05) is 24.3 Å². The van der Waals surface area contributed by atoms with E-state index in [9.17, 15) is 4.79 Å². The fourth-order valence-corrected chi connectivity index (χ4v) is 3.46. The third-order valence-electron chi connectivity index (χ3n) is 5.01. The van der Waals surface area contributed by atoms with Crippen LogP contribution in [0.5, 0.6) is 0 Å². The lowest BCUT2D eigenvalue weighted by molar-refractivity contribution is -0.116. The molecule has 7 heteroatoms. The highest BCUT2D eigenvalue weighted by molar-refractivity contribution is 14.0. The van der Waals surface area contributed by atoms with E-state index in [2.05, 4.69) is 63.2 Å². The van der Waals surface area contributed by atoms with Gasteiger partial charge in [-0.05, 0) is 30.2 Å². The van der Waals surface area contributed by atoms with Gasteiger partial charge in [0.1, 0.15) is 0 Å². The number of guanidine groups is 1. The van der Waals surface area contributed by atoms with Gasteiger partial charge >= 0.3 is 0 Å². The second kappa shape index (κ2) is 11.6. The Morgan fingerprint density at radius 1 is 1.14 bits per heavy atom. The number of carbonyl (C=O) groups excluding carboxylic acids is 1. The maximum absolute atomic E-state index is 12.0. The van der Waals surface area contributed by atoms with Gasteiger partial charge in [-0.1, -0.05) is 36.4 Å². The average Bonchev–Trinajstić information content (AvgIpc) is 2.73. The molecule has 1 heterocycles. The molecule has 3 N–H and O–H groups in total. The monoisotopic (exact) mass is 507 g/mol. The van der Waals surface area contributed by atoms with Gasteiger partial charge in [-0.3, -0.25) is 9.79 Å². The van der Waals surface area contributed by atoms with Gasteiger partial charge in [0.2, 0.25) is 5.91 Å². The number of para-hydroxylation sites is 2. The maximum atomic E-state index is 12.0. The van der Waals surface area contributed by atoms with Gasteiger partial charge in [-0.25, -0.2) is 0 Å². The normalized spacial score (nSPS) is 15.6. The van der Waals surface area contributed by atoms with Crippen LogP contribution in [0, 0.1) is 0 Å². The molecule has 1 amide bonds. The SMILES string of the molecule is CN=C(NCCCN(C)c1ccccc1)NCC1CC(=O)Nc2ccccc21.I. The molecule has 2 aromatic carbocycles. The molecule has 29 heavy (non-hydrogen) atoms. The summed E-state index contributed by atoms with van der Waals surface area (Å²) in [4.78, 5) is 18.5. The molecule has 1 aliphatic heterocycles. The Kier molecular flexibility index (Phi) is 9.24. The molecule has 1 aliphatic rings. The molecule has 3 rings (SSSR count). The summed E-state index contributed by atoms with van der Waals surface area (Å²) >= 11 is 0. The van der Waals surface area contributed by atoms with E-state index in [1.165, 1.54) is 11.3 Å². The highest BCUT2D eigenvalue weighted by Crippen LogP contribution is 2.31. The molecule has 0 bridgehead atoms.